The molecule has 0 aromatic carbocycles. The summed E-state index contributed by atoms with van der Waals surface area (Å²) >= 11 is 0. The molecular weight excluding hydrogens is 172 g/mol. The van der Waals surface area contributed by atoms with Gasteiger partial charge in [-0.25, -0.2) is 4.79 Å². The Kier molecular flexibility index (Phi) is 4.36. The third-order valence-electron chi connectivity index (χ3n) is 2.16. The summed E-state index contributed by atoms with van der Waals surface area (Å²) in [7, 11) is 0. The van der Waals surface area contributed by atoms with Crippen LogP contribution < -0.4 is 0 Å². The van der Waals surface area contributed by atoms with Crippen molar-refractivity contribution in [2.75, 3.05) is 0 Å². The molecule has 0 radical (unpaired) electrons. The molecule has 0 aromatic rings. The number of carboxylic acids is 1. The number of hydrogen-bond acceptors (Lipinski definition) is 3. The Bertz CT molecular complexity index is 178. The van der Waals surface area contributed by atoms with Crippen molar-refractivity contribution >= 4 is 5.97 Å². The lowest BCUT2D eigenvalue weighted by atomic mass is 9.88. The second-order valence-corrected chi connectivity index (χ2v) is 3.73. The Morgan fingerprint density at radius 1 is 1.46 bits per heavy atom. The van der Waals surface area contributed by atoms with Crippen molar-refractivity contribution in [2.45, 2.75) is 45.3 Å². The molecular formula is C9H18O4. The third kappa shape index (κ3) is 2.97. The molecule has 78 valence electrons. The van der Waals surface area contributed by atoms with Gasteiger partial charge >= 0.3 is 5.97 Å². The fourth-order valence-electron chi connectivity index (χ4n) is 1.17. The molecule has 0 aliphatic rings. The molecule has 0 spiro atoms. The van der Waals surface area contributed by atoms with Gasteiger partial charge in [0.2, 0.25) is 0 Å². The molecule has 4 heteroatoms. The molecule has 2 atom stereocenters. The summed E-state index contributed by atoms with van der Waals surface area (Å²) in [5.74, 6) is -1.20. The van der Waals surface area contributed by atoms with Gasteiger partial charge in [0.05, 0.1) is 6.10 Å². The average molecular weight is 190 g/mol. The van der Waals surface area contributed by atoms with Crippen molar-refractivity contribution in [3.05, 3.63) is 0 Å². The van der Waals surface area contributed by atoms with Crippen LogP contribution in [0, 0.1) is 5.92 Å². The van der Waals surface area contributed by atoms with Gasteiger partial charge in [-0.3, -0.25) is 0 Å². The first kappa shape index (κ1) is 12.4. The molecule has 2 unspecified atom stereocenters. The van der Waals surface area contributed by atoms with Crippen LogP contribution in [0.4, 0.5) is 0 Å². The summed E-state index contributed by atoms with van der Waals surface area (Å²) in [6, 6.07) is 0. The van der Waals surface area contributed by atoms with Crippen molar-refractivity contribution in [3.8, 4) is 0 Å². The van der Waals surface area contributed by atoms with E-state index < -0.39 is 17.7 Å². The molecule has 0 saturated carbocycles. The summed E-state index contributed by atoms with van der Waals surface area (Å²) in [5, 5.41) is 27.7. The second kappa shape index (κ2) is 4.58. The summed E-state index contributed by atoms with van der Waals surface area (Å²) < 4.78 is 0. The molecule has 0 heterocycles. The van der Waals surface area contributed by atoms with E-state index in [4.69, 9.17) is 5.11 Å². The van der Waals surface area contributed by atoms with Gasteiger partial charge in [0.1, 0.15) is 0 Å². The van der Waals surface area contributed by atoms with Crippen molar-refractivity contribution < 1.29 is 20.1 Å². The largest absolute Gasteiger partial charge is 0.479 e. The van der Waals surface area contributed by atoms with Gasteiger partial charge in [-0.05, 0) is 18.8 Å². The highest BCUT2D eigenvalue weighted by Crippen LogP contribution is 2.21. The molecule has 0 fully saturated rings. The summed E-state index contributed by atoms with van der Waals surface area (Å²) in [6.07, 6.45) is -0.901. The normalized spacial score (nSPS) is 18.3. The second-order valence-electron chi connectivity index (χ2n) is 3.73. The smallest absolute Gasteiger partial charge is 0.338 e. The van der Waals surface area contributed by atoms with E-state index in [9.17, 15) is 15.0 Å². The zero-order chi connectivity index (χ0) is 10.6. The number of aliphatic carboxylic acids is 1. The molecule has 0 saturated heterocycles. The quantitative estimate of drug-likeness (QED) is 0.594. The van der Waals surface area contributed by atoms with Gasteiger partial charge in [-0.15, -0.1) is 0 Å². The first-order valence-electron chi connectivity index (χ1n) is 4.48. The summed E-state index contributed by atoms with van der Waals surface area (Å²) in [6.45, 7) is 5.26. The van der Waals surface area contributed by atoms with Gasteiger partial charge in [0.15, 0.2) is 5.60 Å². The third-order valence-corrected chi connectivity index (χ3v) is 2.16. The Hall–Kier alpha value is -0.610. The first-order chi connectivity index (χ1) is 5.84. The van der Waals surface area contributed by atoms with Crippen molar-refractivity contribution in [2.24, 2.45) is 5.92 Å². The van der Waals surface area contributed by atoms with Crippen LogP contribution in [0.3, 0.4) is 0 Å². The lowest BCUT2D eigenvalue weighted by molar-refractivity contribution is -0.173. The van der Waals surface area contributed by atoms with Gasteiger partial charge in [0, 0.05) is 0 Å². The lowest BCUT2D eigenvalue weighted by Gasteiger charge is -2.28. The standard InChI is InChI=1S/C9H18O4/c1-4-9(13,8(11)12)7(10)5-6(2)3/h6-7,10,13H,4-5H2,1-3H3,(H,11,12). The maximum atomic E-state index is 10.7. The molecule has 4 nitrogen and oxygen atoms in total. The van der Waals surface area contributed by atoms with Gasteiger partial charge < -0.3 is 15.3 Å². The molecule has 0 amide bonds. The van der Waals surface area contributed by atoms with E-state index in [0.29, 0.717) is 0 Å². The number of rotatable bonds is 5. The van der Waals surface area contributed by atoms with Crippen LogP contribution in [0.25, 0.3) is 0 Å². The van der Waals surface area contributed by atoms with Crippen LogP contribution in [0.15, 0.2) is 0 Å². The Morgan fingerprint density at radius 2 is 1.92 bits per heavy atom. The van der Waals surface area contributed by atoms with E-state index in [0.717, 1.165) is 0 Å². The molecule has 0 rings (SSSR count). The van der Waals surface area contributed by atoms with Crippen LogP contribution in [-0.4, -0.2) is 33.0 Å². The van der Waals surface area contributed by atoms with Crippen LogP contribution in [0.2, 0.25) is 0 Å². The van der Waals surface area contributed by atoms with Crippen molar-refractivity contribution in [1.82, 2.24) is 0 Å². The fraction of sp³-hybridized carbons (Fsp3) is 0.889. The van der Waals surface area contributed by atoms with Crippen LogP contribution >= 0.6 is 0 Å². The SMILES string of the molecule is CCC(O)(C(=O)O)C(O)CC(C)C. The number of carboxylic acid groups (broad SMARTS) is 1. The maximum Gasteiger partial charge on any atom is 0.338 e. The van der Waals surface area contributed by atoms with Crippen LogP contribution in [0.1, 0.15) is 33.6 Å². The van der Waals surface area contributed by atoms with Gasteiger partial charge in [-0.1, -0.05) is 20.8 Å². The number of aliphatic hydroxyl groups excluding tert-OH is 1. The number of hydrogen-bond donors (Lipinski definition) is 3. The molecule has 0 bridgehead atoms. The highest BCUT2D eigenvalue weighted by atomic mass is 16.4. The Balaban J connectivity index is 4.47. The molecule has 0 aliphatic heterocycles. The highest BCUT2D eigenvalue weighted by Gasteiger charge is 2.41. The zero-order valence-electron chi connectivity index (χ0n) is 8.32. The maximum absolute atomic E-state index is 10.7. The van der Waals surface area contributed by atoms with E-state index in [1.807, 2.05) is 13.8 Å². The highest BCUT2D eigenvalue weighted by molar-refractivity contribution is 5.77. The first-order valence-corrected chi connectivity index (χ1v) is 4.48. The summed E-state index contributed by atoms with van der Waals surface area (Å²) in [5.41, 5.74) is -2.00. The van der Waals surface area contributed by atoms with Gasteiger partial charge in [0.25, 0.3) is 0 Å². The minimum atomic E-state index is -2.00. The predicted octanol–water partition coefficient (Wildman–Crippen LogP) is 0.619. The fourth-order valence-corrected chi connectivity index (χ4v) is 1.17. The number of aliphatic hydroxyl groups is 2. The predicted molar refractivity (Wildman–Crippen MR) is 48.3 cm³/mol. The minimum absolute atomic E-state index is 0.0101. The zero-order valence-corrected chi connectivity index (χ0v) is 8.32. The monoisotopic (exact) mass is 190 g/mol. The average Bonchev–Trinajstić information content (AvgIpc) is 2.01. The van der Waals surface area contributed by atoms with Crippen molar-refractivity contribution in [3.63, 3.8) is 0 Å². The molecule has 3 N–H and O–H groups in total. The van der Waals surface area contributed by atoms with E-state index in [1.54, 1.807) is 0 Å². The number of carbonyl (C=O) groups is 1. The van der Waals surface area contributed by atoms with E-state index in [2.05, 4.69) is 0 Å². The molecule has 0 aliphatic carbocycles. The van der Waals surface area contributed by atoms with Crippen molar-refractivity contribution in [1.29, 1.82) is 0 Å². The van der Waals surface area contributed by atoms with E-state index in [1.165, 1.54) is 6.92 Å². The Labute approximate surface area is 78.2 Å². The van der Waals surface area contributed by atoms with E-state index >= 15 is 0 Å². The van der Waals surface area contributed by atoms with Gasteiger partial charge in [-0.2, -0.15) is 0 Å². The van der Waals surface area contributed by atoms with Crippen LogP contribution in [0.5, 0.6) is 0 Å². The topological polar surface area (TPSA) is 77.8 Å². The molecule has 13 heavy (non-hydrogen) atoms. The van der Waals surface area contributed by atoms with E-state index in [-0.39, 0.29) is 18.8 Å². The minimum Gasteiger partial charge on any atom is -0.479 e. The summed E-state index contributed by atoms with van der Waals surface area (Å²) in [4.78, 5) is 10.7. The Morgan fingerprint density at radius 3 is 2.15 bits per heavy atom. The lowest BCUT2D eigenvalue weighted by Crippen LogP contribution is -2.49. The molecule has 0 aromatic heterocycles. The van der Waals surface area contributed by atoms with Crippen LogP contribution in [-0.2, 0) is 4.79 Å².